The number of rotatable bonds is 4. The third kappa shape index (κ3) is 2.46. The number of amides is 1. The molecule has 5 nitrogen and oxygen atoms in total. The molecular formula is C12H23N3O2. The highest BCUT2D eigenvalue weighted by molar-refractivity contribution is 5.81. The lowest BCUT2D eigenvalue weighted by molar-refractivity contribution is -0.126. The fourth-order valence-electron chi connectivity index (χ4n) is 3.37. The number of likely N-dealkylation sites (tertiary alicyclic amines) is 1. The van der Waals surface area contributed by atoms with Crippen molar-refractivity contribution in [3.63, 3.8) is 0 Å². The SMILES string of the molecule is CCCC(C(=O)NN)N1CC2CCC(O)C2C1. The molecule has 1 heterocycles. The Kier molecular flexibility index (Phi) is 4.01. The molecule has 2 aliphatic rings. The van der Waals surface area contributed by atoms with E-state index in [1.807, 2.05) is 0 Å². The number of aliphatic hydroxyl groups is 1. The van der Waals surface area contributed by atoms with Crippen LogP contribution < -0.4 is 11.3 Å². The van der Waals surface area contributed by atoms with Crippen LogP contribution in [0.15, 0.2) is 0 Å². The maximum absolute atomic E-state index is 11.7. The molecule has 2 rings (SSSR count). The minimum Gasteiger partial charge on any atom is -0.393 e. The van der Waals surface area contributed by atoms with Gasteiger partial charge in [0.15, 0.2) is 0 Å². The third-order valence-corrected chi connectivity index (χ3v) is 4.30. The van der Waals surface area contributed by atoms with Crippen molar-refractivity contribution in [3.05, 3.63) is 0 Å². The molecule has 0 bridgehead atoms. The number of carbonyl (C=O) groups excluding carboxylic acids is 1. The molecule has 17 heavy (non-hydrogen) atoms. The zero-order chi connectivity index (χ0) is 12.4. The Morgan fingerprint density at radius 2 is 2.29 bits per heavy atom. The Balaban J connectivity index is 1.99. The van der Waals surface area contributed by atoms with Crippen molar-refractivity contribution < 1.29 is 9.90 Å². The van der Waals surface area contributed by atoms with E-state index in [-0.39, 0.29) is 18.1 Å². The summed E-state index contributed by atoms with van der Waals surface area (Å²) < 4.78 is 0. The summed E-state index contributed by atoms with van der Waals surface area (Å²) in [7, 11) is 0. The quantitative estimate of drug-likeness (QED) is 0.363. The summed E-state index contributed by atoms with van der Waals surface area (Å²) in [4.78, 5) is 13.9. The van der Waals surface area contributed by atoms with E-state index < -0.39 is 0 Å². The number of nitrogens with one attached hydrogen (secondary N) is 1. The minimum atomic E-state index is -0.173. The van der Waals surface area contributed by atoms with Gasteiger partial charge in [-0.05, 0) is 25.2 Å². The van der Waals surface area contributed by atoms with Gasteiger partial charge in [0.2, 0.25) is 0 Å². The van der Waals surface area contributed by atoms with E-state index in [0.717, 1.165) is 38.8 Å². The van der Waals surface area contributed by atoms with Gasteiger partial charge in [-0.1, -0.05) is 13.3 Å². The zero-order valence-corrected chi connectivity index (χ0v) is 10.4. The number of hydrazine groups is 1. The maximum atomic E-state index is 11.7. The van der Waals surface area contributed by atoms with Crippen molar-refractivity contribution in [2.24, 2.45) is 17.7 Å². The highest BCUT2D eigenvalue weighted by atomic mass is 16.3. The average molecular weight is 241 g/mol. The van der Waals surface area contributed by atoms with E-state index in [2.05, 4.69) is 17.2 Å². The van der Waals surface area contributed by atoms with E-state index in [1.165, 1.54) is 0 Å². The van der Waals surface area contributed by atoms with Gasteiger partial charge in [-0.2, -0.15) is 0 Å². The van der Waals surface area contributed by atoms with Crippen molar-refractivity contribution in [2.75, 3.05) is 13.1 Å². The summed E-state index contributed by atoms with van der Waals surface area (Å²) in [6, 6.07) is -0.122. The van der Waals surface area contributed by atoms with Crippen LogP contribution in [0.3, 0.4) is 0 Å². The molecule has 4 N–H and O–H groups in total. The molecule has 1 aliphatic heterocycles. The second-order valence-electron chi connectivity index (χ2n) is 5.34. The smallest absolute Gasteiger partial charge is 0.251 e. The Morgan fingerprint density at radius 1 is 1.53 bits per heavy atom. The molecule has 4 unspecified atom stereocenters. The predicted octanol–water partition coefficient (Wildman–Crippen LogP) is -0.152. The average Bonchev–Trinajstić information content (AvgIpc) is 2.88. The number of carbonyl (C=O) groups is 1. The van der Waals surface area contributed by atoms with E-state index in [1.54, 1.807) is 0 Å². The molecule has 1 amide bonds. The topological polar surface area (TPSA) is 78.6 Å². The van der Waals surface area contributed by atoms with Crippen LogP contribution >= 0.6 is 0 Å². The molecule has 1 saturated heterocycles. The Hall–Kier alpha value is -0.650. The lowest BCUT2D eigenvalue weighted by Crippen LogP contribution is -2.48. The number of aliphatic hydroxyl groups excluding tert-OH is 1. The number of fused-ring (bicyclic) bond motifs is 1. The molecule has 0 radical (unpaired) electrons. The normalized spacial score (nSPS) is 34.6. The van der Waals surface area contributed by atoms with Gasteiger partial charge < -0.3 is 5.11 Å². The van der Waals surface area contributed by atoms with Gasteiger partial charge >= 0.3 is 0 Å². The van der Waals surface area contributed by atoms with Crippen LogP contribution in [0.4, 0.5) is 0 Å². The summed E-state index contributed by atoms with van der Waals surface area (Å²) >= 11 is 0. The van der Waals surface area contributed by atoms with Gasteiger partial charge in [0.25, 0.3) is 5.91 Å². The van der Waals surface area contributed by atoms with Crippen LogP contribution in [0.25, 0.3) is 0 Å². The summed E-state index contributed by atoms with van der Waals surface area (Å²) in [5, 5.41) is 9.87. The molecular weight excluding hydrogens is 218 g/mol. The molecule has 98 valence electrons. The van der Waals surface area contributed by atoms with Crippen molar-refractivity contribution in [2.45, 2.75) is 44.8 Å². The predicted molar refractivity (Wildman–Crippen MR) is 64.8 cm³/mol. The molecule has 0 aromatic rings. The molecule has 1 saturated carbocycles. The highest BCUT2D eigenvalue weighted by Crippen LogP contribution is 2.39. The van der Waals surface area contributed by atoms with Crippen LogP contribution in [-0.4, -0.2) is 41.1 Å². The molecule has 4 atom stereocenters. The molecule has 1 aliphatic carbocycles. The summed E-state index contributed by atoms with van der Waals surface area (Å²) in [5.74, 6) is 6.07. The van der Waals surface area contributed by atoms with Crippen LogP contribution in [0, 0.1) is 11.8 Å². The van der Waals surface area contributed by atoms with E-state index in [4.69, 9.17) is 5.84 Å². The third-order valence-electron chi connectivity index (χ3n) is 4.30. The van der Waals surface area contributed by atoms with E-state index in [9.17, 15) is 9.90 Å². The van der Waals surface area contributed by atoms with Crippen molar-refractivity contribution in [3.8, 4) is 0 Å². The van der Waals surface area contributed by atoms with Gasteiger partial charge in [0.05, 0.1) is 12.1 Å². The Bertz CT molecular complexity index is 285. The first-order valence-electron chi connectivity index (χ1n) is 6.60. The van der Waals surface area contributed by atoms with Crippen molar-refractivity contribution in [1.29, 1.82) is 0 Å². The highest BCUT2D eigenvalue weighted by Gasteiger charge is 2.44. The summed E-state index contributed by atoms with van der Waals surface area (Å²) in [5.41, 5.74) is 2.26. The van der Waals surface area contributed by atoms with E-state index in [0.29, 0.717) is 11.8 Å². The first-order chi connectivity index (χ1) is 8.17. The largest absolute Gasteiger partial charge is 0.393 e. The summed E-state index contributed by atoms with van der Waals surface area (Å²) in [6.45, 7) is 3.84. The number of nitrogens with zero attached hydrogens (tertiary/aromatic N) is 1. The van der Waals surface area contributed by atoms with Crippen LogP contribution in [0.1, 0.15) is 32.6 Å². The molecule has 0 aromatic heterocycles. The molecule has 5 heteroatoms. The second-order valence-corrected chi connectivity index (χ2v) is 5.34. The van der Waals surface area contributed by atoms with Crippen molar-refractivity contribution in [1.82, 2.24) is 10.3 Å². The first kappa shape index (κ1) is 12.8. The minimum absolute atomic E-state index is 0.0960. The van der Waals surface area contributed by atoms with E-state index >= 15 is 0 Å². The summed E-state index contributed by atoms with van der Waals surface area (Å²) in [6.07, 6.45) is 3.63. The molecule has 0 aromatic carbocycles. The van der Waals surface area contributed by atoms with Crippen LogP contribution in [0.5, 0.6) is 0 Å². The first-order valence-corrected chi connectivity index (χ1v) is 6.60. The van der Waals surface area contributed by atoms with Crippen LogP contribution in [0.2, 0.25) is 0 Å². The standard InChI is InChI=1S/C12H23N3O2/c1-2-3-10(12(17)14-13)15-6-8-4-5-11(16)9(8)7-15/h8-11,16H,2-7,13H2,1H3,(H,14,17). The number of nitrogens with two attached hydrogens (primary N) is 1. The zero-order valence-electron chi connectivity index (χ0n) is 10.4. The Labute approximate surface area is 102 Å². The number of hydrogen-bond donors (Lipinski definition) is 3. The van der Waals surface area contributed by atoms with Gasteiger partial charge in [0, 0.05) is 19.0 Å². The fourth-order valence-corrected chi connectivity index (χ4v) is 3.37. The fraction of sp³-hybridized carbons (Fsp3) is 0.917. The van der Waals surface area contributed by atoms with Gasteiger partial charge in [-0.3, -0.25) is 15.1 Å². The molecule has 2 fully saturated rings. The Morgan fingerprint density at radius 3 is 2.88 bits per heavy atom. The monoisotopic (exact) mass is 241 g/mol. The van der Waals surface area contributed by atoms with Gasteiger partial charge in [-0.15, -0.1) is 0 Å². The second kappa shape index (κ2) is 5.33. The van der Waals surface area contributed by atoms with Crippen LogP contribution in [-0.2, 0) is 4.79 Å². The number of hydrogen-bond acceptors (Lipinski definition) is 4. The van der Waals surface area contributed by atoms with Crippen molar-refractivity contribution >= 4 is 5.91 Å². The van der Waals surface area contributed by atoms with Gasteiger partial charge in [0.1, 0.15) is 0 Å². The lowest BCUT2D eigenvalue weighted by Gasteiger charge is -2.26. The van der Waals surface area contributed by atoms with Gasteiger partial charge in [-0.25, -0.2) is 5.84 Å². The molecule has 0 spiro atoms. The maximum Gasteiger partial charge on any atom is 0.251 e. The lowest BCUT2D eigenvalue weighted by atomic mass is 10.00.